The highest BCUT2D eigenvalue weighted by molar-refractivity contribution is 5.98. The Balaban J connectivity index is 1.51. The first kappa shape index (κ1) is 36.3. The maximum Gasteiger partial charge on any atom is 0.298 e. The second-order valence-corrected chi connectivity index (χ2v) is 13.3. The molecular weight excluding hydrogens is 674 g/mol. The fraction of sp³-hybridized carbons (Fsp3) is 0.289. The van der Waals surface area contributed by atoms with Crippen molar-refractivity contribution in [2.24, 2.45) is 29.8 Å². The van der Waals surface area contributed by atoms with Crippen molar-refractivity contribution in [1.82, 2.24) is 37.8 Å². The van der Waals surface area contributed by atoms with Crippen LogP contribution in [0.5, 0.6) is 5.75 Å². The molecule has 6 rings (SSSR count). The van der Waals surface area contributed by atoms with Crippen molar-refractivity contribution in [3.05, 3.63) is 105 Å². The molecule has 15 heteroatoms. The Bertz CT molecular complexity index is 2680. The molecule has 4 heterocycles. The number of phenols is 1. The third-order valence-electron chi connectivity index (χ3n) is 9.44. The lowest BCUT2D eigenvalue weighted by molar-refractivity contribution is 0.0979. The molecule has 2 aromatic carbocycles. The number of carbonyl (C=O) groups excluding carboxylic acids is 3. The van der Waals surface area contributed by atoms with Crippen molar-refractivity contribution in [2.45, 2.75) is 61.2 Å². The molecule has 0 aliphatic carbocycles. The first-order valence-corrected chi connectivity index (χ1v) is 17.1. The molecule has 0 aliphatic heterocycles. The van der Waals surface area contributed by atoms with Crippen molar-refractivity contribution in [1.29, 1.82) is 0 Å². The minimum absolute atomic E-state index is 0.114. The van der Waals surface area contributed by atoms with Gasteiger partial charge < -0.3 is 29.1 Å². The molecule has 4 aromatic heterocycles. The van der Waals surface area contributed by atoms with E-state index in [1.807, 2.05) is 62.1 Å². The lowest BCUT2D eigenvalue weighted by Crippen LogP contribution is -2.28. The summed E-state index contributed by atoms with van der Waals surface area (Å²) in [6.45, 7) is 16.3. The van der Waals surface area contributed by atoms with Gasteiger partial charge >= 0.3 is 0 Å². The number of imidazole rings is 2. The van der Waals surface area contributed by atoms with E-state index >= 15 is 0 Å². The number of hydrogen-bond donors (Lipinski definition) is 2. The van der Waals surface area contributed by atoms with Crippen molar-refractivity contribution in [2.75, 3.05) is 0 Å². The SMILES string of the molecule is C=Cn1nc(C)cc1C(=O)/N=c1\n(C)c2cc(C)ccc2n1C/C(C)=C(\C)Cn1/c(=N/C(=O)c2cc(C)nn2CC)n(C)c2cc(C(N)=O)cc(O)c21. The monoisotopic (exact) mass is 717 g/mol. The first-order chi connectivity index (χ1) is 25.1. The summed E-state index contributed by atoms with van der Waals surface area (Å²) >= 11 is 0. The van der Waals surface area contributed by atoms with E-state index in [-0.39, 0.29) is 23.5 Å². The second kappa shape index (κ2) is 13.9. The van der Waals surface area contributed by atoms with Crippen molar-refractivity contribution < 1.29 is 19.5 Å². The Kier molecular flexibility index (Phi) is 9.52. The van der Waals surface area contributed by atoms with E-state index in [9.17, 15) is 19.5 Å². The Morgan fingerprint density at radius 1 is 0.811 bits per heavy atom. The normalized spacial score (nSPS) is 13.0. The molecule has 3 amide bonds. The fourth-order valence-corrected chi connectivity index (χ4v) is 6.59. The average Bonchev–Trinajstić information content (AvgIpc) is 3.83. The zero-order valence-corrected chi connectivity index (χ0v) is 31.2. The number of allylic oxidation sites excluding steroid dienone is 2. The van der Waals surface area contributed by atoms with E-state index in [1.54, 1.807) is 52.9 Å². The predicted octanol–water partition coefficient (Wildman–Crippen LogP) is 4.03. The fourth-order valence-electron chi connectivity index (χ4n) is 6.59. The number of benzene rings is 2. The summed E-state index contributed by atoms with van der Waals surface area (Å²) in [7, 11) is 3.58. The standard InChI is InChI=1S/C38H43N11O4/c1-10-48-30(15-24(6)42-48)35(52)40-37-44(8)28-14-21(3)12-13-27(28)46(37)19-22(4)23(5)20-47-33-29(17-26(34(39)51)18-32(33)50)45(9)38(47)41-36(53)31-16-25(7)43-49(31)11-2/h10,12-18,50H,1,11,19-20H2,2-9H3,(H2,39,51)/b23-22+,40-37+,41-38+. The van der Waals surface area contributed by atoms with Crippen LogP contribution < -0.4 is 17.0 Å². The summed E-state index contributed by atoms with van der Waals surface area (Å²) in [5.74, 6) is -1.86. The zero-order chi connectivity index (χ0) is 38.5. The highest BCUT2D eigenvalue weighted by Crippen LogP contribution is 2.27. The number of hydrogen-bond acceptors (Lipinski definition) is 6. The number of carbonyl (C=O) groups is 3. The summed E-state index contributed by atoms with van der Waals surface area (Å²) in [4.78, 5) is 48.6. The summed E-state index contributed by atoms with van der Waals surface area (Å²) < 4.78 is 10.3. The van der Waals surface area contributed by atoms with Crippen LogP contribution in [0.4, 0.5) is 0 Å². The molecule has 0 saturated heterocycles. The highest BCUT2D eigenvalue weighted by atomic mass is 16.3. The topological polar surface area (TPSA) is 178 Å². The van der Waals surface area contributed by atoms with Gasteiger partial charge in [-0.05, 0) is 83.5 Å². The molecule has 0 bridgehead atoms. The maximum atomic E-state index is 13.7. The number of fused-ring (bicyclic) bond motifs is 2. The van der Waals surface area contributed by atoms with Crippen LogP contribution in [0.15, 0.2) is 70.2 Å². The molecule has 6 aromatic rings. The molecule has 0 atom stereocenters. The lowest BCUT2D eigenvalue weighted by Gasteiger charge is -2.13. The van der Waals surface area contributed by atoms with Gasteiger partial charge in [-0.15, -0.1) is 0 Å². The molecule has 274 valence electrons. The summed E-state index contributed by atoms with van der Waals surface area (Å²) in [5.41, 5.74) is 13.9. The molecule has 0 saturated carbocycles. The number of nitrogens with two attached hydrogens (primary N) is 1. The van der Waals surface area contributed by atoms with Gasteiger partial charge in [-0.3, -0.25) is 19.1 Å². The molecule has 0 unspecified atom stereocenters. The van der Waals surface area contributed by atoms with E-state index in [0.717, 1.165) is 27.7 Å². The quantitative estimate of drug-likeness (QED) is 0.213. The lowest BCUT2D eigenvalue weighted by atomic mass is 10.1. The third-order valence-corrected chi connectivity index (χ3v) is 9.44. The van der Waals surface area contributed by atoms with E-state index < -0.39 is 17.7 Å². The van der Waals surface area contributed by atoms with Crippen LogP contribution in [0, 0.1) is 20.8 Å². The molecule has 0 spiro atoms. The van der Waals surface area contributed by atoms with Crippen LogP contribution in [0.3, 0.4) is 0 Å². The van der Waals surface area contributed by atoms with Crippen LogP contribution in [0.1, 0.15) is 69.1 Å². The Labute approximate surface area is 304 Å². The Morgan fingerprint density at radius 2 is 1.40 bits per heavy atom. The Morgan fingerprint density at radius 3 is 2.04 bits per heavy atom. The number of nitrogens with zero attached hydrogens (tertiary/aromatic N) is 10. The molecule has 0 fully saturated rings. The zero-order valence-electron chi connectivity index (χ0n) is 31.2. The smallest absolute Gasteiger partial charge is 0.298 e. The number of rotatable bonds is 9. The summed E-state index contributed by atoms with van der Waals surface area (Å²) in [6.07, 6.45) is 1.47. The van der Waals surface area contributed by atoms with Gasteiger partial charge in [0.1, 0.15) is 22.7 Å². The van der Waals surface area contributed by atoms with Crippen molar-refractivity contribution >= 4 is 46.0 Å². The number of aromatic hydroxyl groups is 1. The van der Waals surface area contributed by atoms with Crippen LogP contribution in [0.25, 0.3) is 28.3 Å². The molecule has 3 N–H and O–H groups in total. The summed E-state index contributed by atoms with van der Waals surface area (Å²) in [6, 6.07) is 12.3. The van der Waals surface area contributed by atoms with Crippen molar-refractivity contribution in [3.63, 3.8) is 0 Å². The van der Waals surface area contributed by atoms with E-state index in [0.29, 0.717) is 52.5 Å². The van der Waals surface area contributed by atoms with Crippen LogP contribution in [-0.4, -0.2) is 60.7 Å². The second-order valence-electron chi connectivity index (χ2n) is 13.3. The Hall–Kier alpha value is -6.51. The summed E-state index contributed by atoms with van der Waals surface area (Å²) in [5, 5.41) is 20.0. The van der Waals surface area contributed by atoms with Gasteiger partial charge in [0.2, 0.25) is 17.1 Å². The average molecular weight is 718 g/mol. The first-order valence-electron chi connectivity index (χ1n) is 17.1. The minimum Gasteiger partial charge on any atom is -0.506 e. The predicted molar refractivity (Wildman–Crippen MR) is 201 cm³/mol. The van der Waals surface area contributed by atoms with Crippen LogP contribution in [0.2, 0.25) is 0 Å². The van der Waals surface area contributed by atoms with Gasteiger partial charge in [-0.1, -0.05) is 23.8 Å². The molecule has 53 heavy (non-hydrogen) atoms. The number of aromatic nitrogens is 8. The van der Waals surface area contributed by atoms with E-state index in [2.05, 4.69) is 26.8 Å². The number of phenolic OH excluding ortho intramolecular Hbond substituents is 1. The molecular formula is C38H43N11O4. The van der Waals surface area contributed by atoms with Gasteiger partial charge in [0.05, 0.1) is 27.9 Å². The third kappa shape index (κ3) is 6.56. The molecule has 0 radical (unpaired) electrons. The van der Waals surface area contributed by atoms with Gasteiger partial charge in [-0.25, -0.2) is 4.68 Å². The van der Waals surface area contributed by atoms with Crippen LogP contribution >= 0.6 is 0 Å². The van der Waals surface area contributed by atoms with Crippen molar-refractivity contribution in [3.8, 4) is 5.75 Å². The van der Waals surface area contributed by atoms with E-state index in [1.165, 1.54) is 16.9 Å². The van der Waals surface area contributed by atoms with Gasteiger partial charge in [0.25, 0.3) is 11.8 Å². The van der Waals surface area contributed by atoms with Gasteiger partial charge in [-0.2, -0.15) is 20.2 Å². The number of aryl methyl sites for hydroxylation is 6. The van der Waals surface area contributed by atoms with Crippen LogP contribution in [-0.2, 0) is 33.7 Å². The van der Waals surface area contributed by atoms with Gasteiger partial charge in [0, 0.05) is 45.5 Å². The van der Waals surface area contributed by atoms with E-state index in [4.69, 9.17) is 5.73 Å². The molecule has 0 aliphatic rings. The number of primary amides is 1. The highest BCUT2D eigenvalue weighted by Gasteiger charge is 2.21. The van der Waals surface area contributed by atoms with Gasteiger partial charge in [0.15, 0.2) is 0 Å². The molecule has 15 nitrogen and oxygen atoms in total. The number of amides is 3. The maximum absolute atomic E-state index is 13.7. The minimum atomic E-state index is -0.704. The largest absolute Gasteiger partial charge is 0.506 e.